The summed E-state index contributed by atoms with van der Waals surface area (Å²) in [6.07, 6.45) is 1.77. The zero-order valence-corrected chi connectivity index (χ0v) is 11.4. The van der Waals surface area contributed by atoms with E-state index in [1.807, 2.05) is 6.92 Å². The number of halogens is 3. The van der Waals surface area contributed by atoms with Crippen LogP contribution in [0.2, 0.25) is 5.02 Å². The predicted octanol–water partition coefficient (Wildman–Crippen LogP) is 5.07. The fraction of sp³-hybridized carbons (Fsp3) is 0.538. The highest BCUT2D eigenvalue weighted by Gasteiger charge is 2.21. The van der Waals surface area contributed by atoms with Crippen LogP contribution in [0.25, 0.3) is 0 Å². The Labute approximate surface area is 107 Å². The lowest BCUT2D eigenvalue weighted by atomic mass is 9.82. The molecule has 0 aliphatic rings. The summed E-state index contributed by atoms with van der Waals surface area (Å²) in [5.41, 5.74) is 1.15. The molecule has 0 heterocycles. The van der Waals surface area contributed by atoms with Crippen LogP contribution in [0.3, 0.4) is 0 Å². The quantitative estimate of drug-likeness (QED) is 0.665. The molecule has 0 N–H and O–H groups in total. The Bertz CT molecular complexity index is 359. The fourth-order valence-electron chi connectivity index (χ4n) is 2.04. The molecule has 1 aromatic rings. The molecule has 0 aliphatic carbocycles. The van der Waals surface area contributed by atoms with Gasteiger partial charge in [0.15, 0.2) is 0 Å². The topological polar surface area (TPSA) is 0 Å². The second-order valence-corrected chi connectivity index (χ2v) is 6.23. The molecule has 1 aromatic carbocycles. The first kappa shape index (κ1) is 13.8. The van der Waals surface area contributed by atoms with E-state index in [4.69, 9.17) is 23.2 Å². The number of rotatable bonds is 4. The lowest BCUT2D eigenvalue weighted by Gasteiger charge is -2.26. The summed E-state index contributed by atoms with van der Waals surface area (Å²) in [6.45, 7) is 6.30. The van der Waals surface area contributed by atoms with Gasteiger partial charge in [-0.05, 0) is 42.9 Å². The van der Waals surface area contributed by atoms with E-state index >= 15 is 0 Å². The molecule has 0 aliphatic heterocycles. The Morgan fingerprint density at radius 1 is 1.38 bits per heavy atom. The first-order valence-corrected chi connectivity index (χ1v) is 6.19. The molecule has 0 aromatic heterocycles. The van der Waals surface area contributed by atoms with Gasteiger partial charge in [-0.3, -0.25) is 0 Å². The second-order valence-electron chi connectivity index (χ2n) is 5.07. The van der Waals surface area contributed by atoms with Crippen molar-refractivity contribution in [3.63, 3.8) is 0 Å². The van der Waals surface area contributed by atoms with Crippen LogP contribution in [0.15, 0.2) is 18.2 Å². The average molecular weight is 263 g/mol. The molecule has 1 rings (SSSR count). The van der Waals surface area contributed by atoms with Gasteiger partial charge in [-0.2, -0.15) is 0 Å². The monoisotopic (exact) mass is 262 g/mol. The van der Waals surface area contributed by atoms with Crippen molar-refractivity contribution in [2.75, 3.05) is 0 Å². The van der Waals surface area contributed by atoms with E-state index in [9.17, 15) is 4.39 Å². The molecule has 1 atom stereocenters. The lowest BCUT2D eigenvalue weighted by molar-refractivity contribution is 0.331. The second kappa shape index (κ2) is 5.37. The average Bonchev–Trinajstić information content (AvgIpc) is 2.08. The zero-order valence-electron chi connectivity index (χ0n) is 9.86. The molecule has 1 unspecified atom stereocenters. The molecular formula is C13H17Cl2F. The Morgan fingerprint density at radius 3 is 2.50 bits per heavy atom. The molecular weight excluding hydrogens is 246 g/mol. The molecule has 0 spiro atoms. The number of alkyl halides is 1. The van der Waals surface area contributed by atoms with Crippen LogP contribution in [0.5, 0.6) is 0 Å². The van der Waals surface area contributed by atoms with Gasteiger partial charge in [0.1, 0.15) is 5.82 Å². The summed E-state index contributed by atoms with van der Waals surface area (Å²) in [7, 11) is 0. The molecule has 0 fully saturated rings. The third-order valence-electron chi connectivity index (χ3n) is 2.50. The maximum atomic E-state index is 13.0. The van der Waals surface area contributed by atoms with Crippen LogP contribution in [0.1, 0.15) is 32.8 Å². The van der Waals surface area contributed by atoms with Crippen molar-refractivity contribution in [1.29, 1.82) is 0 Å². The number of hydrogen-bond donors (Lipinski definition) is 0. The number of hydrogen-bond acceptors (Lipinski definition) is 0. The summed E-state index contributed by atoms with van der Waals surface area (Å²) >= 11 is 11.7. The van der Waals surface area contributed by atoms with E-state index in [0.717, 1.165) is 18.4 Å². The van der Waals surface area contributed by atoms with Crippen molar-refractivity contribution < 1.29 is 4.39 Å². The van der Waals surface area contributed by atoms with Gasteiger partial charge in [-0.1, -0.05) is 31.5 Å². The Kier molecular flexibility index (Phi) is 4.63. The van der Waals surface area contributed by atoms with E-state index in [1.165, 1.54) is 6.07 Å². The van der Waals surface area contributed by atoms with Crippen molar-refractivity contribution >= 4 is 23.2 Å². The fourth-order valence-corrected chi connectivity index (χ4v) is 2.66. The molecule has 0 bridgehead atoms. The summed E-state index contributed by atoms with van der Waals surface area (Å²) in [6, 6.07) is 4.89. The van der Waals surface area contributed by atoms with E-state index in [2.05, 4.69) is 13.8 Å². The lowest BCUT2D eigenvalue weighted by Crippen LogP contribution is -2.18. The molecule has 0 radical (unpaired) electrons. The van der Waals surface area contributed by atoms with Gasteiger partial charge in [0.05, 0.1) is 5.02 Å². The Hall–Kier alpha value is -0.270. The smallest absolute Gasteiger partial charge is 0.141 e. The van der Waals surface area contributed by atoms with Crippen molar-refractivity contribution in [3.05, 3.63) is 34.6 Å². The molecule has 0 saturated carbocycles. The molecule has 0 nitrogen and oxygen atoms in total. The van der Waals surface area contributed by atoms with Crippen molar-refractivity contribution in [2.45, 2.75) is 39.0 Å². The van der Waals surface area contributed by atoms with Crippen molar-refractivity contribution in [3.8, 4) is 0 Å². The van der Waals surface area contributed by atoms with Gasteiger partial charge in [-0.15, -0.1) is 11.6 Å². The standard InChI is InChI=1S/C13H17Cl2F/c1-9(14)7-13(2,3)8-10-4-5-12(16)11(15)6-10/h4-6,9H,7-8H2,1-3H3. The van der Waals surface area contributed by atoms with Crippen molar-refractivity contribution in [2.24, 2.45) is 5.41 Å². The van der Waals surface area contributed by atoms with E-state index in [0.29, 0.717) is 0 Å². The minimum Gasteiger partial charge on any atom is -0.205 e. The van der Waals surface area contributed by atoms with Crippen LogP contribution in [-0.4, -0.2) is 5.38 Å². The SMILES string of the molecule is CC(Cl)CC(C)(C)Cc1ccc(F)c(Cl)c1. The summed E-state index contributed by atoms with van der Waals surface area (Å²) in [4.78, 5) is 0. The van der Waals surface area contributed by atoms with E-state index in [1.54, 1.807) is 12.1 Å². The summed E-state index contributed by atoms with van der Waals surface area (Å²) in [5, 5.41) is 0.332. The van der Waals surface area contributed by atoms with Crippen LogP contribution in [-0.2, 0) is 6.42 Å². The minimum absolute atomic E-state index is 0.0995. The van der Waals surface area contributed by atoms with Gasteiger partial charge >= 0.3 is 0 Å². The highest BCUT2D eigenvalue weighted by Crippen LogP contribution is 2.30. The highest BCUT2D eigenvalue weighted by atomic mass is 35.5. The number of benzene rings is 1. The third-order valence-corrected chi connectivity index (χ3v) is 2.94. The summed E-state index contributed by atoms with van der Waals surface area (Å²) in [5.74, 6) is -0.367. The Morgan fingerprint density at radius 2 is 2.00 bits per heavy atom. The van der Waals surface area contributed by atoms with Crippen LogP contribution in [0, 0.1) is 11.2 Å². The molecule has 0 saturated heterocycles. The van der Waals surface area contributed by atoms with Gasteiger partial charge in [0.25, 0.3) is 0 Å². The van der Waals surface area contributed by atoms with E-state index in [-0.39, 0.29) is 21.6 Å². The maximum Gasteiger partial charge on any atom is 0.141 e. The first-order valence-electron chi connectivity index (χ1n) is 5.38. The van der Waals surface area contributed by atoms with Gasteiger partial charge in [0.2, 0.25) is 0 Å². The predicted molar refractivity (Wildman–Crippen MR) is 68.8 cm³/mol. The third kappa shape index (κ3) is 4.31. The van der Waals surface area contributed by atoms with Crippen LogP contribution < -0.4 is 0 Å². The normalized spacial score (nSPS) is 13.9. The molecule has 16 heavy (non-hydrogen) atoms. The van der Waals surface area contributed by atoms with Gasteiger partial charge in [-0.25, -0.2) is 4.39 Å². The van der Waals surface area contributed by atoms with Crippen molar-refractivity contribution in [1.82, 2.24) is 0 Å². The molecule has 0 amide bonds. The zero-order chi connectivity index (χ0) is 12.3. The largest absolute Gasteiger partial charge is 0.205 e. The highest BCUT2D eigenvalue weighted by molar-refractivity contribution is 6.30. The van der Waals surface area contributed by atoms with Gasteiger partial charge < -0.3 is 0 Å². The molecule has 90 valence electrons. The van der Waals surface area contributed by atoms with Crippen LogP contribution in [0.4, 0.5) is 4.39 Å². The first-order chi connectivity index (χ1) is 7.30. The summed E-state index contributed by atoms with van der Waals surface area (Å²) < 4.78 is 13.0. The van der Waals surface area contributed by atoms with Crippen LogP contribution >= 0.6 is 23.2 Å². The molecule has 3 heteroatoms. The minimum atomic E-state index is -0.367. The van der Waals surface area contributed by atoms with E-state index < -0.39 is 0 Å². The Balaban J connectivity index is 2.76. The maximum absolute atomic E-state index is 13.0. The van der Waals surface area contributed by atoms with Gasteiger partial charge in [0, 0.05) is 5.38 Å².